The zero-order valence-electron chi connectivity index (χ0n) is 6.28. The van der Waals surface area contributed by atoms with Crippen molar-refractivity contribution in [1.82, 2.24) is 10.2 Å². The number of benzene rings is 1. The van der Waals surface area contributed by atoms with Crippen LogP contribution >= 0.6 is 0 Å². The molecule has 0 amide bonds. The molecular formula is C7H6N3Rb. The van der Waals surface area contributed by atoms with Gasteiger partial charge in [0.15, 0.2) is 0 Å². The van der Waals surface area contributed by atoms with Crippen LogP contribution in [-0.4, -0.2) is 5.10 Å². The quantitative estimate of drug-likeness (QED) is 0.509. The maximum Gasteiger partial charge on any atom is 1.00 e. The SMILES string of the molecule is Nc1ccc2cn[n-]c2c1.[Rb+]. The third-order valence-corrected chi connectivity index (χ3v) is 1.42. The number of hydrogen-bond donors (Lipinski definition) is 1. The molecule has 0 aliphatic heterocycles. The smallest absolute Gasteiger partial charge is 0.575 e. The van der Waals surface area contributed by atoms with Crippen molar-refractivity contribution >= 4 is 16.6 Å². The van der Waals surface area contributed by atoms with Gasteiger partial charge >= 0.3 is 58.2 Å². The van der Waals surface area contributed by atoms with Gasteiger partial charge in [0.25, 0.3) is 0 Å². The minimum Gasteiger partial charge on any atom is -0.575 e. The van der Waals surface area contributed by atoms with Crippen LogP contribution in [0.1, 0.15) is 0 Å². The zero-order valence-corrected chi connectivity index (χ0v) is 11.2. The molecule has 0 fully saturated rings. The molecule has 0 atom stereocenters. The maximum atomic E-state index is 5.52. The Morgan fingerprint density at radius 2 is 2.18 bits per heavy atom. The largest absolute Gasteiger partial charge is 1.00 e. The summed E-state index contributed by atoms with van der Waals surface area (Å²) in [6, 6.07) is 5.55. The molecule has 2 aromatic rings. The van der Waals surface area contributed by atoms with E-state index in [1.807, 2.05) is 18.2 Å². The van der Waals surface area contributed by atoms with Gasteiger partial charge in [-0.15, -0.1) is 5.52 Å². The van der Waals surface area contributed by atoms with E-state index >= 15 is 0 Å². The first-order valence-corrected chi connectivity index (χ1v) is 3.00. The number of nitrogens with zero attached hydrogens (tertiary/aromatic N) is 2. The third kappa shape index (κ3) is 1.90. The normalized spacial score (nSPS) is 9.45. The molecule has 11 heavy (non-hydrogen) atoms. The minimum atomic E-state index is 0. The molecule has 0 unspecified atom stereocenters. The Labute approximate surface area is 113 Å². The first-order valence-electron chi connectivity index (χ1n) is 3.00. The number of hydrogen-bond acceptors (Lipinski definition) is 2. The fourth-order valence-corrected chi connectivity index (χ4v) is 0.910. The van der Waals surface area contributed by atoms with Crippen LogP contribution in [0.2, 0.25) is 0 Å². The maximum absolute atomic E-state index is 5.52. The molecule has 50 valence electrons. The van der Waals surface area contributed by atoms with E-state index in [0.29, 0.717) is 0 Å². The van der Waals surface area contributed by atoms with Crippen LogP contribution in [0.15, 0.2) is 24.4 Å². The van der Waals surface area contributed by atoms with Crippen LogP contribution < -0.4 is 69.0 Å². The van der Waals surface area contributed by atoms with Crippen molar-refractivity contribution in [1.29, 1.82) is 0 Å². The molecule has 0 aliphatic rings. The molecule has 1 aromatic carbocycles. The number of anilines is 1. The average molecular weight is 218 g/mol. The predicted molar refractivity (Wildman–Crippen MR) is 39.5 cm³/mol. The van der Waals surface area contributed by atoms with Gasteiger partial charge in [-0.1, -0.05) is 12.1 Å². The van der Waals surface area contributed by atoms with Crippen molar-refractivity contribution in [3.05, 3.63) is 24.4 Å². The molecule has 1 heterocycles. The third-order valence-electron chi connectivity index (χ3n) is 1.42. The minimum absolute atomic E-state index is 0. The van der Waals surface area contributed by atoms with Crippen molar-refractivity contribution in [2.75, 3.05) is 5.73 Å². The Balaban J connectivity index is 0.000000605. The van der Waals surface area contributed by atoms with E-state index < -0.39 is 0 Å². The topological polar surface area (TPSA) is 53.0 Å². The van der Waals surface area contributed by atoms with Gasteiger partial charge in [0.1, 0.15) is 0 Å². The summed E-state index contributed by atoms with van der Waals surface area (Å²) in [6.45, 7) is 0. The number of fused-ring (bicyclic) bond motifs is 1. The van der Waals surface area contributed by atoms with Gasteiger partial charge in [0.2, 0.25) is 0 Å². The van der Waals surface area contributed by atoms with Gasteiger partial charge in [-0.2, -0.15) is 0 Å². The van der Waals surface area contributed by atoms with Crippen molar-refractivity contribution in [3.63, 3.8) is 0 Å². The molecule has 3 nitrogen and oxygen atoms in total. The number of nitrogens with two attached hydrogens (primary N) is 1. The predicted octanol–water partition coefficient (Wildman–Crippen LogP) is -2.22. The van der Waals surface area contributed by atoms with Gasteiger partial charge in [-0.05, 0) is 11.5 Å². The summed E-state index contributed by atoms with van der Waals surface area (Å²) < 4.78 is 0. The van der Waals surface area contributed by atoms with Gasteiger partial charge < -0.3 is 15.9 Å². The Bertz CT molecular complexity index is 355. The summed E-state index contributed by atoms with van der Waals surface area (Å²) in [5.74, 6) is 0. The standard InChI is InChI=1S/C7H6N3.Rb/c8-6-2-1-5-4-9-10-7(5)3-6;/h1-4H,8H2;/q-1;+1. The molecule has 0 saturated carbocycles. The number of nitrogen functional groups attached to an aromatic ring is 1. The fraction of sp³-hybridized carbons (Fsp3) is 0. The molecular weight excluding hydrogens is 212 g/mol. The van der Waals surface area contributed by atoms with Crippen molar-refractivity contribution in [2.24, 2.45) is 0 Å². The van der Waals surface area contributed by atoms with Gasteiger partial charge in [-0.25, -0.2) is 0 Å². The van der Waals surface area contributed by atoms with E-state index in [2.05, 4.69) is 10.2 Å². The van der Waals surface area contributed by atoms with Crippen LogP contribution in [0.25, 0.3) is 10.9 Å². The monoisotopic (exact) mass is 217 g/mol. The van der Waals surface area contributed by atoms with Crippen LogP contribution in [0.4, 0.5) is 5.69 Å². The summed E-state index contributed by atoms with van der Waals surface area (Å²) in [5.41, 5.74) is 7.11. The zero-order chi connectivity index (χ0) is 6.97. The van der Waals surface area contributed by atoms with Crippen molar-refractivity contribution in [2.45, 2.75) is 0 Å². The van der Waals surface area contributed by atoms with Gasteiger partial charge in [-0.3, -0.25) is 0 Å². The molecule has 1 aromatic heterocycles. The summed E-state index contributed by atoms with van der Waals surface area (Å²) in [7, 11) is 0. The van der Waals surface area contributed by atoms with Crippen molar-refractivity contribution in [3.8, 4) is 0 Å². The number of rotatable bonds is 0. The molecule has 0 radical (unpaired) electrons. The molecule has 0 aliphatic carbocycles. The van der Waals surface area contributed by atoms with E-state index in [0.717, 1.165) is 16.6 Å². The first-order chi connectivity index (χ1) is 4.86. The van der Waals surface area contributed by atoms with E-state index in [4.69, 9.17) is 5.73 Å². The molecule has 4 heteroatoms. The van der Waals surface area contributed by atoms with E-state index in [1.54, 1.807) is 6.20 Å². The second-order valence-electron chi connectivity index (χ2n) is 2.16. The van der Waals surface area contributed by atoms with Crippen molar-refractivity contribution < 1.29 is 58.2 Å². The second kappa shape index (κ2) is 3.80. The van der Waals surface area contributed by atoms with E-state index in [-0.39, 0.29) is 58.2 Å². The summed E-state index contributed by atoms with van der Waals surface area (Å²) in [5, 5.41) is 8.62. The molecule has 0 bridgehead atoms. The second-order valence-corrected chi connectivity index (χ2v) is 2.16. The van der Waals surface area contributed by atoms with Gasteiger partial charge in [0, 0.05) is 11.9 Å². The Hall–Kier alpha value is 0.295. The molecule has 2 rings (SSSR count). The summed E-state index contributed by atoms with van der Waals surface area (Å²) in [6.07, 6.45) is 1.72. The molecule has 0 spiro atoms. The average Bonchev–Trinajstić information content (AvgIpc) is 2.33. The van der Waals surface area contributed by atoms with Crippen LogP contribution in [0, 0.1) is 0 Å². The Morgan fingerprint density at radius 3 is 3.00 bits per heavy atom. The Morgan fingerprint density at radius 1 is 1.36 bits per heavy atom. The van der Waals surface area contributed by atoms with Crippen LogP contribution in [0.3, 0.4) is 0 Å². The molecule has 2 N–H and O–H groups in total. The Kier molecular flexibility index (Phi) is 3.24. The summed E-state index contributed by atoms with van der Waals surface area (Å²) in [4.78, 5) is 0. The van der Waals surface area contributed by atoms with Gasteiger partial charge in [0.05, 0.1) is 0 Å². The van der Waals surface area contributed by atoms with E-state index in [1.165, 1.54) is 0 Å². The fourth-order valence-electron chi connectivity index (χ4n) is 0.910. The number of aromatic nitrogens is 2. The van der Waals surface area contributed by atoms with E-state index in [9.17, 15) is 0 Å². The van der Waals surface area contributed by atoms with Crippen LogP contribution in [0.5, 0.6) is 0 Å². The summed E-state index contributed by atoms with van der Waals surface area (Å²) >= 11 is 0. The van der Waals surface area contributed by atoms with Crippen LogP contribution in [-0.2, 0) is 0 Å². The molecule has 0 saturated heterocycles. The first kappa shape index (κ1) is 9.38.